The number of carbonyl (C=O) groups is 1. The van der Waals surface area contributed by atoms with E-state index in [2.05, 4.69) is 15.5 Å². The molecule has 1 aliphatic rings. The monoisotopic (exact) mass is 412 g/mol. The van der Waals surface area contributed by atoms with Gasteiger partial charge in [0.25, 0.3) is 0 Å². The average Bonchev–Trinajstić information content (AvgIpc) is 3.45. The van der Waals surface area contributed by atoms with Crippen molar-refractivity contribution < 1.29 is 14.3 Å². The lowest BCUT2D eigenvalue weighted by Gasteiger charge is -2.14. The van der Waals surface area contributed by atoms with Crippen LogP contribution in [0, 0.1) is 5.82 Å². The summed E-state index contributed by atoms with van der Waals surface area (Å²) in [5.74, 6) is 0.903. The van der Waals surface area contributed by atoms with Gasteiger partial charge in [0.1, 0.15) is 11.6 Å². The van der Waals surface area contributed by atoms with Crippen molar-refractivity contribution in [3.8, 4) is 5.69 Å². The molecule has 1 heterocycles. The Morgan fingerprint density at radius 3 is 2.79 bits per heavy atom. The summed E-state index contributed by atoms with van der Waals surface area (Å²) in [4.78, 5) is 11.4. The van der Waals surface area contributed by atoms with Crippen molar-refractivity contribution in [1.29, 1.82) is 0 Å². The van der Waals surface area contributed by atoms with Crippen LogP contribution in [0.2, 0.25) is 0 Å². The number of benzene rings is 2. The number of thioether (sulfide) groups is 1. The first-order chi connectivity index (χ1) is 14.0. The number of hydrogen-bond acceptors (Lipinski definition) is 5. The van der Waals surface area contributed by atoms with Crippen molar-refractivity contribution in [3.63, 3.8) is 0 Å². The Morgan fingerprint density at radius 2 is 2.07 bits per heavy atom. The second-order valence-corrected chi connectivity index (χ2v) is 8.02. The SMILES string of the molecule is CC(=O)Nc1cccc(-n2c(SCC(O)c3ccccc3F)nnc2C2CC2)c1. The molecular formula is C21H21FN4O2S. The minimum atomic E-state index is -0.957. The first-order valence-electron chi connectivity index (χ1n) is 9.41. The second kappa shape index (κ2) is 8.34. The van der Waals surface area contributed by atoms with Gasteiger partial charge in [0.05, 0.1) is 11.8 Å². The number of carbonyl (C=O) groups excluding carboxylic acids is 1. The van der Waals surface area contributed by atoms with Crippen molar-refractivity contribution in [2.24, 2.45) is 0 Å². The summed E-state index contributed by atoms with van der Waals surface area (Å²) in [6, 6.07) is 13.7. The maximum absolute atomic E-state index is 13.9. The Hall–Kier alpha value is -2.71. The number of amides is 1. The maximum Gasteiger partial charge on any atom is 0.221 e. The van der Waals surface area contributed by atoms with Gasteiger partial charge in [-0.05, 0) is 37.1 Å². The van der Waals surface area contributed by atoms with E-state index in [-0.39, 0.29) is 17.2 Å². The number of nitrogens with one attached hydrogen (secondary N) is 1. The van der Waals surface area contributed by atoms with Crippen LogP contribution in [-0.2, 0) is 4.79 Å². The number of anilines is 1. The molecule has 3 aromatic rings. The third kappa shape index (κ3) is 4.49. The van der Waals surface area contributed by atoms with Crippen LogP contribution in [0.3, 0.4) is 0 Å². The molecule has 8 heteroatoms. The lowest BCUT2D eigenvalue weighted by molar-refractivity contribution is -0.114. The first-order valence-corrected chi connectivity index (χ1v) is 10.4. The Labute approximate surface area is 172 Å². The molecule has 0 aliphatic heterocycles. The van der Waals surface area contributed by atoms with E-state index < -0.39 is 11.9 Å². The lowest BCUT2D eigenvalue weighted by atomic mass is 10.1. The zero-order chi connectivity index (χ0) is 20.4. The Bertz CT molecular complexity index is 1040. The van der Waals surface area contributed by atoms with E-state index in [0.717, 1.165) is 24.4 Å². The minimum absolute atomic E-state index is 0.143. The zero-order valence-corrected chi connectivity index (χ0v) is 16.7. The second-order valence-electron chi connectivity index (χ2n) is 7.03. The van der Waals surface area contributed by atoms with Crippen molar-refractivity contribution in [3.05, 3.63) is 65.7 Å². The molecule has 1 unspecified atom stereocenters. The van der Waals surface area contributed by atoms with E-state index in [1.807, 2.05) is 28.8 Å². The van der Waals surface area contributed by atoms with Crippen LogP contribution in [0.25, 0.3) is 5.69 Å². The van der Waals surface area contributed by atoms with Gasteiger partial charge in [-0.1, -0.05) is 36.0 Å². The lowest BCUT2D eigenvalue weighted by Crippen LogP contribution is -2.08. The number of hydrogen-bond donors (Lipinski definition) is 2. The standard InChI is InChI=1S/C21H21FN4O2S/c1-13(27)23-15-5-4-6-16(11-15)26-20(14-9-10-14)24-25-21(26)29-12-19(28)17-7-2-3-8-18(17)22/h2-8,11,14,19,28H,9-10,12H2,1H3,(H,23,27). The van der Waals surface area contributed by atoms with Gasteiger partial charge >= 0.3 is 0 Å². The van der Waals surface area contributed by atoms with Gasteiger partial charge in [-0.15, -0.1) is 10.2 Å². The van der Waals surface area contributed by atoms with Crippen LogP contribution in [0.4, 0.5) is 10.1 Å². The van der Waals surface area contributed by atoms with Gasteiger partial charge in [-0.2, -0.15) is 0 Å². The summed E-state index contributed by atoms with van der Waals surface area (Å²) in [6.07, 6.45) is 1.17. The molecule has 1 aromatic heterocycles. The Balaban J connectivity index is 1.60. The number of aromatic nitrogens is 3. The third-order valence-electron chi connectivity index (χ3n) is 4.66. The summed E-state index contributed by atoms with van der Waals surface area (Å²) in [5.41, 5.74) is 1.79. The molecule has 0 spiro atoms. The van der Waals surface area contributed by atoms with Crippen molar-refractivity contribution in [2.75, 3.05) is 11.1 Å². The molecule has 2 aromatic carbocycles. The van der Waals surface area contributed by atoms with Crippen LogP contribution >= 0.6 is 11.8 Å². The largest absolute Gasteiger partial charge is 0.387 e. The molecule has 1 aliphatic carbocycles. The average molecular weight is 412 g/mol. The summed E-state index contributed by atoms with van der Waals surface area (Å²) >= 11 is 1.32. The van der Waals surface area contributed by atoms with Gasteiger partial charge in [0.2, 0.25) is 5.91 Å². The van der Waals surface area contributed by atoms with Gasteiger partial charge in [-0.3, -0.25) is 9.36 Å². The Morgan fingerprint density at radius 1 is 1.28 bits per heavy atom. The predicted molar refractivity (Wildman–Crippen MR) is 110 cm³/mol. The minimum Gasteiger partial charge on any atom is -0.387 e. The molecule has 1 saturated carbocycles. The van der Waals surface area contributed by atoms with Crippen LogP contribution in [0.15, 0.2) is 53.7 Å². The van der Waals surface area contributed by atoms with Gasteiger partial charge < -0.3 is 10.4 Å². The van der Waals surface area contributed by atoms with Crippen molar-refractivity contribution in [2.45, 2.75) is 36.9 Å². The molecule has 6 nitrogen and oxygen atoms in total. The maximum atomic E-state index is 13.9. The molecular weight excluding hydrogens is 391 g/mol. The number of rotatable bonds is 7. The summed E-state index contributed by atoms with van der Waals surface area (Å²) < 4.78 is 15.9. The molecule has 4 rings (SSSR count). The van der Waals surface area contributed by atoms with Crippen LogP contribution in [0.5, 0.6) is 0 Å². The van der Waals surface area contributed by atoms with Gasteiger partial charge in [0, 0.05) is 29.8 Å². The van der Waals surface area contributed by atoms with E-state index in [1.54, 1.807) is 18.2 Å². The predicted octanol–water partition coefficient (Wildman–Crippen LogP) is 4.07. The normalized spacial score (nSPS) is 14.6. The fourth-order valence-corrected chi connectivity index (χ4v) is 4.05. The molecule has 1 atom stereocenters. The highest BCUT2D eigenvalue weighted by molar-refractivity contribution is 7.99. The molecule has 0 saturated heterocycles. The highest BCUT2D eigenvalue weighted by Crippen LogP contribution is 2.41. The van der Waals surface area contributed by atoms with Crippen LogP contribution in [0.1, 0.15) is 43.2 Å². The molecule has 1 amide bonds. The zero-order valence-electron chi connectivity index (χ0n) is 15.9. The van der Waals surface area contributed by atoms with Gasteiger partial charge in [-0.25, -0.2) is 4.39 Å². The summed E-state index contributed by atoms with van der Waals surface area (Å²) in [5, 5.41) is 22.5. The summed E-state index contributed by atoms with van der Waals surface area (Å²) in [7, 11) is 0. The van der Waals surface area contributed by atoms with Gasteiger partial charge in [0.15, 0.2) is 5.16 Å². The van der Waals surface area contributed by atoms with Crippen molar-refractivity contribution >= 4 is 23.4 Å². The topological polar surface area (TPSA) is 80.0 Å². The quantitative estimate of drug-likeness (QED) is 0.572. The summed E-state index contributed by atoms with van der Waals surface area (Å²) in [6.45, 7) is 1.46. The third-order valence-corrected chi connectivity index (χ3v) is 5.66. The fourth-order valence-electron chi connectivity index (χ4n) is 3.14. The van der Waals surface area contributed by atoms with Crippen molar-refractivity contribution in [1.82, 2.24) is 14.8 Å². The Kier molecular flexibility index (Phi) is 5.64. The molecule has 2 N–H and O–H groups in total. The number of aliphatic hydroxyl groups excluding tert-OH is 1. The molecule has 150 valence electrons. The highest BCUT2D eigenvalue weighted by Gasteiger charge is 2.31. The first kappa shape index (κ1) is 19.6. The number of nitrogens with zero attached hydrogens (tertiary/aromatic N) is 3. The number of aliphatic hydroxyl groups is 1. The molecule has 0 bridgehead atoms. The highest BCUT2D eigenvalue weighted by atomic mass is 32.2. The number of halogens is 1. The van der Waals surface area contributed by atoms with E-state index in [9.17, 15) is 14.3 Å². The van der Waals surface area contributed by atoms with Crippen LogP contribution < -0.4 is 5.32 Å². The smallest absolute Gasteiger partial charge is 0.221 e. The van der Waals surface area contributed by atoms with Crippen LogP contribution in [-0.4, -0.2) is 31.5 Å². The van der Waals surface area contributed by atoms with E-state index >= 15 is 0 Å². The molecule has 1 fully saturated rings. The molecule has 0 radical (unpaired) electrons. The fraction of sp³-hybridized carbons (Fsp3) is 0.286. The van der Waals surface area contributed by atoms with E-state index in [0.29, 0.717) is 16.8 Å². The molecule has 29 heavy (non-hydrogen) atoms. The van der Waals surface area contributed by atoms with E-state index in [4.69, 9.17) is 0 Å². The van der Waals surface area contributed by atoms with E-state index in [1.165, 1.54) is 24.8 Å².